The molecule has 1 aromatic carbocycles. The molecule has 1 aliphatic heterocycles. The van der Waals surface area contributed by atoms with Crippen LogP contribution < -0.4 is 4.90 Å². The largest absolute Gasteiger partial charge is 0.367 e. The highest BCUT2D eigenvalue weighted by Gasteiger charge is 2.23. The molecular formula is C18H21N5O. The van der Waals surface area contributed by atoms with Gasteiger partial charge in [0.25, 0.3) is 0 Å². The lowest BCUT2D eigenvalue weighted by molar-refractivity contribution is -0.132. The summed E-state index contributed by atoms with van der Waals surface area (Å²) in [5.41, 5.74) is 2.28. The molecule has 0 atom stereocenters. The summed E-state index contributed by atoms with van der Waals surface area (Å²) in [4.78, 5) is 22.6. The van der Waals surface area contributed by atoms with Gasteiger partial charge in [0.15, 0.2) is 0 Å². The van der Waals surface area contributed by atoms with Crippen molar-refractivity contribution in [2.24, 2.45) is 0 Å². The summed E-state index contributed by atoms with van der Waals surface area (Å²) in [5, 5.41) is 10.3. The molecule has 0 spiro atoms. The van der Waals surface area contributed by atoms with E-state index in [4.69, 9.17) is 0 Å². The van der Waals surface area contributed by atoms with E-state index in [1.807, 2.05) is 54.2 Å². The van der Waals surface area contributed by atoms with Gasteiger partial charge in [0.1, 0.15) is 11.8 Å². The highest BCUT2D eigenvalue weighted by Crippen LogP contribution is 2.27. The van der Waals surface area contributed by atoms with Gasteiger partial charge in [-0.3, -0.25) is 4.79 Å². The number of nitrogens with zero attached hydrogens (tertiary/aromatic N) is 5. The minimum Gasteiger partial charge on any atom is -0.367 e. The molecule has 2 heterocycles. The average molecular weight is 323 g/mol. The zero-order valence-electron chi connectivity index (χ0n) is 14.1. The van der Waals surface area contributed by atoms with Crippen molar-refractivity contribution in [3.63, 3.8) is 0 Å². The summed E-state index contributed by atoms with van der Waals surface area (Å²) in [5.74, 6) is 0.164. The van der Waals surface area contributed by atoms with E-state index in [1.54, 1.807) is 0 Å². The first-order valence-corrected chi connectivity index (χ1v) is 8.06. The van der Waals surface area contributed by atoms with Crippen molar-refractivity contribution in [1.82, 2.24) is 14.8 Å². The number of benzene rings is 1. The Bertz CT molecular complexity index is 788. The van der Waals surface area contributed by atoms with E-state index in [1.165, 1.54) is 0 Å². The number of carbonyl (C=O) groups excluding carboxylic acids is 1. The van der Waals surface area contributed by atoms with Gasteiger partial charge in [-0.15, -0.1) is 0 Å². The van der Waals surface area contributed by atoms with Crippen molar-refractivity contribution in [2.45, 2.75) is 0 Å². The number of aromatic nitrogens is 1. The molecule has 0 radical (unpaired) electrons. The summed E-state index contributed by atoms with van der Waals surface area (Å²) in [6, 6.07) is 11.9. The molecule has 0 unspecified atom stereocenters. The van der Waals surface area contributed by atoms with Gasteiger partial charge in [0, 0.05) is 37.3 Å². The molecule has 1 aromatic heterocycles. The van der Waals surface area contributed by atoms with Crippen molar-refractivity contribution in [3.05, 3.63) is 36.0 Å². The first-order chi connectivity index (χ1) is 11.6. The van der Waals surface area contributed by atoms with Crippen LogP contribution in [0, 0.1) is 11.3 Å². The fraction of sp³-hybridized carbons (Fsp3) is 0.389. The maximum atomic E-state index is 12.2. The quantitative estimate of drug-likeness (QED) is 0.852. The first-order valence-electron chi connectivity index (χ1n) is 8.06. The van der Waals surface area contributed by atoms with Crippen LogP contribution in [0.1, 0.15) is 5.69 Å². The van der Waals surface area contributed by atoms with E-state index in [2.05, 4.69) is 16.0 Å². The number of nitriles is 1. The number of rotatable bonds is 3. The first kappa shape index (κ1) is 16.2. The topological polar surface area (TPSA) is 63.5 Å². The fourth-order valence-corrected chi connectivity index (χ4v) is 3.04. The van der Waals surface area contributed by atoms with Crippen LogP contribution in [0.5, 0.6) is 0 Å². The van der Waals surface area contributed by atoms with Gasteiger partial charge in [0.05, 0.1) is 12.1 Å². The average Bonchev–Trinajstić information content (AvgIpc) is 2.60. The molecular weight excluding hydrogens is 302 g/mol. The van der Waals surface area contributed by atoms with Crippen LogP contribution in [-0.4, -0.2) is 67.5 Å². The van der Waals surface area contributed by atoms with Gasteiger partial charge in [-0.25, -0.2) is 4.98 Å². The Morgan fingerprint density at radius 2 is 1.96 bits per heavy atom. The highest BCUT2D eigenvalue weighted by molar-refractivity contribution is 5.92. The van der Waals surface area contributed by atoms with Crippen LogP contribution >= 0.6 is 0 Å². The van der Waals surface area contributed by atoms with Crippen molar-refractivity contribution >= 4 is 22.5 Å². The second-order valence-corrected chi connectivity index (χ2v) is 6.26. The van der Waals surface area contributed by atoms with Crippen molar-refractivity contribution in [2.75, 3.05) is 51.7 Å². The van der Waals surface area contributed by atoms with Gasteiger partial charge in [-0.05, 0) is 26.2 Å². The number of amides is 1. The third-order valence-electron chi connectivity index (χ3n) is 4.23. The number of para-hydroxylation sites is 1. The third-order valence-corrected chi connectivity index (χ3v) is 4.23. The molecule has 1 aliphatic rings. The normalized spacial score (nSPS) is 14.9. The Labute approximate surface area is 141 Å². The monoisotopic (exact) mass is 323 g/mol. The number of hydrogen-bond donors (Lipinski definition) is 0. The lowest BCUT2D eigenvalue weighted by Gasteiger charge is -2.37. The standard InChI is InChI=1S/C18H21N5O/c1-21(2)13-18(24)23-9-7-22(8-10-23)17-11-14(12-19)20-16-6-4-3-5-15(16)17/h3-6,11H,7-10,13H2,1-2H3. The molecule has 2 aromatic rings. The lowest BCUT2D eigenvalue weighted by Crippen LogP contribution is -2.50. The predicted molar refractivity (Wildman–Crippen MR) is 93.8 cm³/mol. The Balaban J connectivity index is 1.81. The van der Waals surface area contributed by atoms with Crippen LogP contribution in [0.3, 0.4) is 0 Å². The Morgan fingerprint density at radius 1 is 1.25 bits per heavy atom. The van der Waals surface area contributed by atoms with Gasteiger partial charge in [0.2, 0.25) is 5.91 Å². The van der Waals surface area contributed by atoms with Crippen LogP contribution in [0.15, 0.2) is 30.3 Å². The maximum absolute atomic E-state index is 12.2. The number of pyridine rings is 1. The lowest BCUT2D eigenvalue weighted by atomic mass is 10.1. The van der Waals surface area contributed by atoms with E-state index in [-0.39, 0.29) is 5.91 Å². The summed E-state index contributed by atoms with van der Waals surface area (Å²) < 4.78 is 0. The number of hydrogen-bond acceptors (Lipinski definition) is 5. The zero-order valence-corrected chi connectivity index (χ0v) is 14.1. The van der Waals surface area contributed by atoms with E-state index >= 15 is 0 Å². The second-order valence-electron chi connectivity index (χ2n) is 6.26. The number of carbonyl (C=O) groups is 1. The van der Waals surface area contributed by atoms with Crippen LogP contribution in [-0.2, 0) is 4.79 Å². The van der Waals surface area contributed by atoms with Gasteiger partial charge < -0.3 is 14.7 Å². The van der Waals surface area contributed by atoms with E-state index in [9.17, 15) is 10.1 Å². The minimum absolute atomic E-state index is 0.164. The van der Waals surface area contributed by atoms with Crippen LogP contribution in [0.2, 0.25) is 0 Å². The molecule has 0 aliphatic carbocycles. The van der Waals surface area contributed by atoms with Crippen molar-refractivity contribution in [1.29, 1.82) is 5.26 Å². The molecule has 6 nitrogen and oxygen atoms in total. The molecule has 6 heteroatoms. The molecule has 3 rings (SSSR count). The molecule has 1 saturated heterocycles. The second kappa shape index (κ2) is 6.85. The summed E-state index contributed by atoms with van der Waals surface area (Å²) in [6.45, 7) is 3.36. The summed E-state index contributed by atoms with van der Waals surface area (Å²) >= 11 is 0. The Hall–Kier alpha value is -2.65. The zero-order chi connectivity index (χ0) is 17.1. The predicted octanol–water partition coefficient (Wildman–Crippen LogP) is 1.32. The molecule has 24 heavy (non-hydrogen) atoms. The third kappa shape index (κ3) is 3.31. The van der Waals surface area contributed by atoms with Crippen LogP contribution in [0.25, 0.3) is 10.9 Å². The molecule has 1 fully saturated rings. The smallest absolute Gasteiger partial charge is 0.236 e. The molecule has 0 N–H and O–H groups in total. The van der Waals surface area contributed by atoms with E-state index in [0.717, 1.165) is 29.7 Å². The molecule has 1 amide bonds. The van der Waals surface area contributed by atoms with Crippen LogP contribution in [0.4, 0.5) is 5.69 Å². The maximum Gasteiger partial charge on any atom is 0.236 e. The van der Waals surface area contributed by atoms with Crippen molar-refractivity contribution < 1.29 is 4.79 Å². The number of piperazine rings is 1. The molecule has 0 bridgehead atoms. The number of fused-ring (bicyclic) bond motifs is 1. The van der Waals surface area contributed by atoms with Gasteiger partial charge in [-0.1, -0.05) is 18.2 Å². The highest BCUT2D eigenvalue weighted by atomic mass is 16.2. The number of anilines is 1. The number of likely N-dealkylation sites (N-methyl/N-ethyl adjacent to an activating group) is 1. The summed E-state index contributed by atoms with van der Waals surface area (Å²) in [7, 11) is 3.81. The SMILES string of the molecule is CN(C)CC(=O)N1CCN(c2cc(C#N)nc3ccccc23)CC1. The molecule has 124 valence electrons. The van der Waals surface area contributed by atoms with Gasteiger partial charge in [-0.2, -0.15) is 5.26 Å². The van der Waals surface area contributed by atoms with Gasteiger partial charge >= 0.3 is 0 Å². The Morgan fingerprint density at radius 3 is 2.62 bits per heavy atom. The van der Waals surface area contributed by atoms with E-state index in [0.29, 0.717) is 25.3 Å². The van der Waals surface area contributed by atoms with Crippen molar-refractivity contribution in [3.8, 4) is 6.07 Å². The summed E-state index contributed by atoms with van der Waals surface area (Å²) in [6.07, 6.45) is 0. The fourth-order valence-electron chi connectivity index (χ4n) is 3.04. The Kier molecular flexibility index (Phi) is 4.63. The van der Waals surface area contributed by atoms with E-state index < -0.39 is 0 Å². The minimum atomic E-state index is 0.164. The molecule has 0 saturated carbocycles.